The minimum Gasteiger partial charge on any atom is -0.439 e. The summed E-state index contributed by atoms with van der Waals surface area (Å²) in [6.45, 7) is 2.58. The summed E-state index contributed by atoms with van der Waals surface area (Å²) in [4.78, 5) is 31.2. The number of morpholine rings is 1. The maximum atomic E-state index is 12.7. The van der Waals surface area contributed by atoms with Crippen LogP contribution in [-0.2, 0) is 4.74 Å². The quantitative estimate of drug-likeness (QED) is 0.524. The van der Waals surface area contributed by atoms with Crippen molar-refractivity contribution in [2.45, 2.75) is 0 Å². The van der Waals surface area contributed by atoms with Gasteiger partial charge in [-0.25, -0.2) is 0 Å². The van der Waals surface area contributed by atoms with Crippen LogP contribution in [0.25, 0.3) is 21.4 Å². The highest BCUT2D eigenvalue weighted by atomic mass is 32.1. The van der Waals surface area contributed by atoms with Crippen LogP contribution >= 0.6 is 11.3 Å². The Hall–Kier alpha value is -3.49. The average Bonchev–Trinajstić information content (AvgIpc) is 3.25. The number of rotatable bonds is 4. The third kappa shape index (κ3) is 3.95. The van der Waals surface area contributed by atoms with Crippen molar-refractivity contribution in [3.05, 3.63) is 76.0 Å². The maximum absolute atomic E-state index is 12.7. The van der Waals surface area contributed by atoms with E-state index in [-0.39, 0.29) is 11.3 Å². The number of aromatic nitrogens is 1. The van der Waals surface area contributed by atoms with Gasteiger partial charge in [-0.2, -0.15) is 0 Å². The lowest BCUT2D eigenvalue weighted by Gasteiger charge is -2.27. The number of thiophene rings is 1. The van der Waals surface area contributed by atoms with Gasteiger partial charge < -0.3 is 19.4 Å². The number of hydrogen-bond donors (Lipinski definition) is 1. The number of nitrogens with one attached hydrogen (secondary N) is 1. The van der Waals surface area contributed by atoms with E-state index in [9.17, 15) is 9.59 Å². The van der Waals surface area contributed by atoms with Crippen molar-refractivity contribution in [1.82, 2.24) is 4.98 Å². The van der Waals surface area contributed by atoms with Crippen LogP contribution in [0.2, 0.25) is 0 Å². The zero-order chi connectivity index (χ0) is 21.2. The fourth-order valence-corrected chi connectivity index (χ4v) is 4.45. The highest BCUT2D eigenvalue weighted by Crippen LogP contribution is 2.35. The molecule has 8 heteroatoms. The molecule has 1 aliphatic heterocycles. The molecule has 4 aromatic rings. The van der Waals surface area contributed by atoms with E-state index in [0.717, 1.165) is 11.1 Å². The maximum Gasteiger partial charge on any atom is 0.257 e. The fraction of sp³-hybridized carbons (Fsp3) is 0.174. The Labute approximate surface area is 181 Å². The topological polar surface area (TPSA) is 84.7 Å². The number of nitrogens with zero attached hydrogens (tertiary/aromatic N) is 2. The van der Waals surface area contributed by atoms with Gasteiger partial charge in [0.05, 0.1) is 18.8 Å². The van der Waals surface area contributed by atoms with Gasteiger partial charge in [0.25, 0.3) is 5.91 Å². The predicted octanol–water partition coefficient (Wildman–Crippen LogP) is 4.01. The molecule has 0 aliphatic carbocycles. The number of fused-ring (bicyclic) bond motifs is 1. The molecule has 1 aromatic carbocycles. The number of ether oxygens (including phenoxy) is 1. The SMILES string of the molecule is O=C(Nc1cccc(-c2csc3c(=O)cc(N4CCOCC4)oc23)c1)c1cccnc1. The number of carbonyl (C=O) groups excluding carboxylic acids is 1. The monoisotopic (exact) mass is 433 g/mol. The third-order valence-electron chi connectivity index (χ3n) is 5.11. The molecule has 156 valence electrons. The van der Waals surface area contributed by atoms with Crippen LogP contribution < -0.4 is 15.6 Å². The Balaban J connectivity index is 1.49. The van der Waals surface area contributed by atoms with Crippen LogP contribution in [0.15, 0.2) is 69.5 Å². The zero-order valence-corrected chi connectivity index (χ0v) is 17.4. The van der Waals surface area contributed by atoms with Crippen molar-refractivity contribution in [3.8, 4) is 11.1 Å². The van der Waals surface area contributed by atoms with Crippen molar-refractivity contribution < 1.29 is 13.9 Å². The second kappa shape index (κ2) is 8.33. The van der Waals surface area contributed by atoms with E-state index in [1.807, 2.05) is 34.5 Å². The van der Waals surface area contributed by atoms with Gasteiger partial charge in [0.15, 0.2) is 11.5 Å². The average molecular weight is 433 g/mol. The summed E-state index contributed by atoms with van der Waals surface area (Å²) in [6, 6.07) is 12.5. The molecule has 1 fully saturated rings. The third-order valence-corrected chi connectivity index (χ3v) is 6.08. The van der Waals surface area contributed by atoms with Crippen LogP contribution in [0.4, 0.5) is 11.6 Å². The van der Waals surface area contributed by atoms with Gasteiger partial charge in [0.1, 0.15) is 4.70 Å². The first-order chi connectivity index (χ1) is 15.2. The Morgan fingerprint density at radius 2 is 2.00 bits per heavy atom. The standard InChI is InChI=1S/C23H19N3O4S/c27-19-12-20(26-7-9-29-10-8-26)30-21-18(14-31-22(19)21)15-3-1-5-17(11-15)25-23(28)16-4-2-6-24-13-16/h1-6,11-14H,7-10H2,(H,25,28). The molecule has 1 aliphatic rings. The first-order valence-corrected chi connectivity index (χ1v) is 10.8. The predicted molar refractivity (Wildman–Crippen MR) is 121 cm³/mol. The molecule has 31 heavy (non-hydrogen) atoms. The smallest absolute Gasteiger partial charge is 0.257 e. The van der Waals surface area contributed by atoms with E-state index in [0.29, 0.717) is 53.7 Å². The molecule has 3 aromatic heterocycles. The summed E-state index contributed by atoms with van der Waals surface area (Å²) in [5.74, 6) is 0.322. The molecule has 0 atom stereocenters. The number of carbonyl (C=O) groups is 1. The number of amides is 1. The van der Waals surface area contributed by atoms with E-state index < -0.39 is 0 Å². The Kier molecular flexibility index (Phi) is 5.23. The van der Waals surface area contributed by atoms with Crippen LogP contribution in [-0.4, -0.2) is 37.2 Å². The summed E-state index contributed by atoms with van der Waals surface area (Å²) in [5.41, 5.74) is 3.32. The molecular formula is C23H19N3O4S. The first-order valence-electron chi connectivity index (χ1n) is 9.89. The Bertz CT molecular complexity index is 1290. The summed E-state index contributed by atoms with van der Waals surface area (Å²) in [5, 5.41) is 4.81. The molecule has 1 N–H and O–H groups in total. The van der Waals surface area contributed by atoms with Crippen molar-refractivity contribution in [1.29, 1.82) is 0 Å². The minimum atomic E-state index is -0.235. The number of hydrogen-bond acceptors (Lipinski definition) is 7. The minimum absolute atomic E-state index is 0.0555. The van der Waals surface area contributed by atoms with Gasteiger partial charge in [0, 0.05) is 48.2 Å². The largest absolute Gasteiger partial charge is 0.439 e. The van der Waals surface area contributed by atoms with Gasteiger partial charge >= 0.3 is 0 Å². The highest BCUT2D eigenvalue weighted by molar-refractivity contribution is 7.17. The number of anilines is 2. The first kappa shape index (κ1) is 19.5. The summed E-state index contributed by atoms with van der Waals surface area (Å²) >= 11 is 1.36. The highest BCUT2D eigenvalue weighted by Gasteiger charge is 2.19. The summed E-state index contributed by atoms with van der Waals surface area (Å²) < 4.78 is 12.2. The second-order valence-corrected chi connectivity index (χ2v) is 8.01. The molecule has 0 saturated carbocycles. The molecule has 0 spiro atoms. The molecule has 0 radical (unpaired) electrons. The molecule has 4 heterocycles. The van der Waals surface area contributed by atoms with Crippen LogP contribution in [0.1, 0.15) is 10.4 Å². The van der Waals surface area contributed by atoms with Crippen LogP contribution in [0.3, 0.4) is 0 Å². The second-order valence-electron chi connectivity index (χ2n) is 7.13. The molecule has 5 rings (SSSR count). The van der Waals surface area contributed by atoms with Gasteiger partial charge in [-0.3, -0.25) is 14.6 Å². The van der Waals surface area contributed by atoms with Crippen molar-refractivity contribution in [2.24, 2.45) is 0 Å². The van der Waals surface area contributed by atoms with E-state index in [1.165, 1.54) is 17.5 Å². The van der Waals surface area contributed by atoms with Crippen molar-refractivity contribution >= 4 is 39.1 Å². The molecule has 0 bridgehead atoms. The lowest BCUT2D eigenvalue weighted by molar-refractivity contribution is 0.102. The van der Waals surface area contributed by atoms with E-state index in [4.69, 9.17) is 9.15 Å². The van der Waals surface area contributed by atoms with Crippen molar-refractivity contribution in [2.75, 3.05) is 36.5 Å². The van der Waals surface area contributed by atoms with Crippen LogP contribution in [0, 0.1) is 0 Å². The normalized spacial score (nSPS) is 14.0. The molecule has 1 saturated heterocycles. The lowest BCUT2D eigenvalue weighted by Crippen LogP contribution is -2.36. The van der Waals surface area contributed by atoms with Gasteiger partial charge in [-0.15, -0.1) is 11.3 Å². The molecule has 7 nitrogen and oxygen atoms in total. The van der Waals surface area contributed by atoms with Crippen LogP contribution in [0.5, 0.6) is 0 Å². The Morgan fingerprint density at radius 1 is 1.13 bits per heavy atom. The summed E-state index contributed by atoms with van der Waals surface area (Å²) in [6.07, 6.45) is 3.14. The Morgan fingerprint density at radius 3 is 2.81 bits per heavy atom. The zero-order valence-electron chi connectivity index (χ0n) is 16.5. The van der Waals surface area contributed by atoms with E-state index in [2.05, 4.69) is 10.3 Å². The van der Waals surface area contributed by atoms with Gasteiger partial charge in [-0.05, 0) is 29.8 Å². The molecule has 0 unspecified atom stereocenters. The summed E-state index contributed by atoms with van der Waals surface area (Å²) in [7, 11) is 0. The van der Waals surface area contributed by atoms with Gasteiger partial charge in [0.2, 0.25) is 5.43 Å². The van der Waals surface area contributed by atoms with Gasteiger partial charge in [-0.1, -0.05) is 12.1 Å². The fourth-order valence-electron chi connectivity index (χ4n) is 3.53. The van der Waals surface area contributed by atoms with Crippen molar-refractivity contribution in [3.63, 3.8) is 0 Å². The number of pyridine rings is 1. The van der Waals surface area contributed by atoms with E-state index >= 15 is 0 Å². The lowest BCUT2D eigenvalue weighted by atomic mass is 10.1. The molecular weight excluding hydrogens is 414 g/mol. The number of benzene rings is 1. The van der Waals surface area contributed by atoms with E-state index in [1.54, 1.807) is 24.4 Å². The molecule has 1 amide bonds.